The van der Waals surface area contributed by atoms with Crippen LogP contribution in [-0.2, 0) is 4.79 Å². The van der Waals surface area contributed by atoms with E-state index >= 15 is 0 Å². The molecule has 0 fully saturated rings. The van der Waals surface area contributed by atoms with Crippen LogP contribution in [0.1, 0.15) is 24.7 Å². The highest BCUT2D eigenvalue weighted by Crippen LogP contribution is 2.33. The van der Waals surface area contributed by atoms with Gasteiger partial charge in [0.1, 0.15) is 5.75 Å². The molecule has 0 unspecified atom stereocenters. The van der Waals surface area contributed by atoms with E-state index in [2.05, 4.69) is 25.1 Å². The van der Waals surface area contributed by atoms with Crippen molar-refractivity contribution >= 4 is 28.4 Å². The third-order valence-electron chi connectivity index (χ3n) is 3.35. The lowest BCUT2D eigenvalue weighted by Gasteiger charge is -2.16. The fourth-order valence-corrected chi connectivity index (χ4v) is 3.12. The zero-order chi connectivity index (χ0) is 14.7. The molecular weight excluding hydrogens is 270 g/mol. The first-order valence-corrected chi connectivity index (χ1v) is 7.48. The van der Waals surface area contributed by atoms with Crippen LogP contribution in [0.15, 0.2) is 36.4 Å². The smallest absolute Gasteiger partial charge is 0.230 e. The number of methoxy groups -OCH3 is 1. The van der Waals surface area contributed by atoms with Crippen LogP contribution in [0, 0.1) is 0 Å². The number of ether oxygens (including phenoxy) is 1. The average molecular weight is 289 g/mol. The van der Waals surface area contributed by atoms with Gasteiger partial charge >= 0.3 is 0 Å². The normalized spacial score (nSPS) is 13.9. The summed E-state index contributed by atoms with van der Waals surface area (Å²) in [6.45, 7) is 3.93. The summed E-state index contributed by atoms with van der Waals surface area (Å²) in [5, 5.41) is 2.36. The van der Waals surface area contributed by atoms with Gasteiger partial charge in [0.25, 0.3) is 0 Å². The van der Waals surface area contributed by atoms with E-state index in [1.54, 1.807) is 18.9 Å². The Morgan fingerprint density at radius 3 is 2.45 bits per heavy atom. The first-order chi connectivity index (χ1) is 9.51. The van der Waals surface area contributed by atoms with Gasteiger partial charge in [0, 0.05) is 5.25 Å². The average Bonchev–Trinajstić information content (AvgIpc) is 2.45. The Morgan fingerprint density at radius 2 is 1.80 bits per heavy atom. The summed E-state index contributed by atoms with van der Waals surface area (Å²) < 4.78 is 5.22. The van der Waals surface area contributed by atoms with Crippen molar-refractivity contribution in [2.75, 3.05) is 7.11 Å². The van der Waals surface area contributed by atoms with Gasteiger partial charge in [-0.05, 0) is 42.3 Å². The zero-order valence-electron chi connectivity index (χ0n) is 11.9. The second-order valence-electron chi connectivity index (χ2n) is 4.80. The minimum absolute atomic E-state index is 0.184. The minimum Gasteiger partial charge on any atom is -0.497 e. The van der Waals surface area contributed by atoms with E-state index in [0.717, 1.165) is 11.1 Å². The number of fused-ring (bicyclic) bond motifs is 1. The van der Waals surface area contributed by atoms with Gasteiger partial charge in [0.15, 0.2) is 0 Å². The molecule has 0 aromatic heterocycles. The van der Waals surface area contributed by atoms with Crippen molar-refractivity contribution in [3.05, 3.63) is 42.0 Å². The van der Waals surface area contributed by atoms with E-state index in [-0.39, 0.29) is 16.4 Å². The number of hydrogen-bond donors (Lipinski definition) is 1. The quantitative estimate of drug-likeness (QED) is 0.916. The number of carbonyl (C=O) groups excluding carboxylic acids is 1. The maximum atomic E-state index is 11.1. The Morgan fingerprint density at radius 1 is 1.15 bits per heavy atom. The van der Waals surface area contributed by atoms with Crippen molar-refractivity contribution in [2.45, 2.75) is 24.3 Å². The van der Waals surface area contributed by atoms with Gasteiger partial charge < -0.3 is 10.5 Å². The highest BCUT2D eigenvalue weighted by atomic mass is 32.2. The number of primary amides is 1. The molecule has 2 N–H and O–H groups in total. The Bertz CT molecular complexity index is 627. The molecule has 2 atom stereocenters. The summed E-state index contributed by atoms with van der Waals surface area (Å²) in [6.07, 6.45) is 0. The molecule has 0 saturated carbocycles. The number of benzene rings is 2. The van der Waals surface area contributed by atoms with Crippen molar-refractivity contribution < 1.29 is 9.53 Å². The van der Waals surface area contributed by atoms with Crippen molar-refractivity contribution in [1.29, 1.82) is 0 Å². The topological polar surface area (TPSA) is 52.3 Å². The van der Waals surface area contributed by atoms with Crippen molar-refractivity contribution in [3.63, 3.8) is 0 Å². The van der Waals surface area contributed by atoms with Gasteiger partial charge in [-0.3, -0.25) is 4.79 Å². The molecule has 0 aliphatic rings. The molecule has 20 heavy (non-hydrogen) atoms. The molecule has 0 saturated heterocycles. The predicted octanol–water partition coefficient (Wildman–Crippen LogP) is 3.52. The molecule has 0 aliphatic heterocycles. The second kappa shape index (κ2) is 6.18. The second-order valence-corrected chi connectivity index (χ2v) is 6.48. The minimum atomic E-state index is -0.271. The molecule has 0 bridgehead atoms. The lowest BCUT2D eigenvalue weighted by molar-refractivity contribution is -0.117. The fraction of sp³-hybridized carbons (Fsp3) is 0.312. The van der Waals surface area contributed by atoms with Crippen molar-refractivity contribution in [2.24, 2.45) is 5.73 Å². The van der Waals surface area contributed by atoms with Gasteiger partial charge in [-0.25, -0.2) is 0 Å². The number of hydrogen-bond acceptors (Lipinski definition) is 3. The first-order valence-electron chi connectivity index (χ1n) is 6.53. The molecule has 106 valence electrons. The standard InChI is InChI=1S/C16H19NO2S/c1-10(20-11(2)16(17)18)12-4-5-14-9-15(19-3)7-6-13(14)8-12/h4-11H,1-3H3,(H2,17,18)/t10-,11-/m0/s1. The molecule has 1 amide bonds. The molecule has 2 aromatic carbocycles. The van der Waals surface area contributed by atoms with Gasteiger partial charge in [-0.2, -0.15) is 0 Å². The summed E-state index contributed by atoms with van der Waals surface area (Å²) in [5.41, 5.74) is 6.51. The van der Waals surface area contributed by atoms with E-state index in [1.807, 2.05) is 25.1 Å². The van der Waals surface area contributed by atoms with Crippen LogP contribution < -0.4 is 10.5 Å². The predicted molar refractivity (Wildman–Crippen MR) is 85.2 cm³/mol. The molecular formula is C16H19NO2S. The summed E-state index contributed by atoms with van der Waals surface area (Å²) in [7, 11) is 1.67. The molecule has 0 spiro atoms. The summed E-state index contributed by atoms with van der Waals surface area (Å²) in [6, 6.07) is 12.3. The maximum absolute atomic E-state index is 11.1. The van der Waals surface area contributed by atoms with Crippen LogP contribution in [0.3, 0.4) is 0 Å². The fourth-order valence-electron chi connectivity index (χ4n) is 2.07. The highest BCUT2D eigenvalue weighted by Gasteiger charge is 2.15. The lowest BCUT2D eigenvalue weighted by Crippen LogP contribution is -2.23. The van der Waals surface area contributed by atoms with Crippen LogP contribution in [0.25, 0.3) is 10.8 Å². The monoisotopic (exact) mass is 289 g/mol. The lowest BCUT2D eigenvalue weighted by atomic mass is 10.1. The van der Waals surface area contributed by atoms with E-state index in [9.17, 15) is 4.79 Å². The summed E-state index contributed by atoms with van der Waals surface area (Å²) >= 11 is 1.58. The molecule has 0 radical (unpaired) electrons. The summed E-state index contributed by atoms with van der Waals surface area (Å²) in [5.74, 6) is 0.586. The van der Waals surface area contributed by atoms with E-state index in [0.29, 0.717) is 0 Å². The molecule has 0 heterocycles. The number of amides is 1. The van der Waals surface area contributed by atoms with Crippen molar-refractivity contribution in [1.82, 2.24) is 0 Å². The van der Waals surface area contributed by atoms with E-state index < -0.39 is 0 Å². The first kappa shape index (κ1) is 14.7. The highest BCUT2D eigenvalue weighted by molar-refractivity contribution is 8.00. The molecule has 2 aromatic rings. The number of rotatable bonds is 5. The molecule has 2 rings (SSSR count). The largest absolute Gasteiger partial charge is 0.497 e. The number of thioether (sulfide) groups is 1. The maximum Gasteiger partial charge on any atom is 0.230 e. The van der Waals surface area contributed by atoms with Crippen molar-refractivity contribution in [3.8, 4) is 5.75 Å². The molecule has 3 nitrogen and oxygen atoms in total. The van der Waals surface area contributed by atoms with E-state index in [4.69, 9.17) is 10.5 Å². The van der Waals surface area contributed by atoms with Crippen LogP contribution in [0.5, 0.6) is 5.75 Å². The third-order valence-corrected chi connectivity index (χ3v) is 4.67. The SMILES string of the molecule is COc1ccc2cc([C@H](C)S[C@@H](C)C(N)=O)ccc2c1. The van der Waals surface area contributed by atoms with Gasteiger partial charge in [-0.1, -0.05) is 24.3 Å². The van der Waals surface area contributed by atoms with Crippen LogP contribution in [0.4, 0.5) is 0 Å². The van der Waals surface area contributed by atoms with Crippen LogP contribution in [-0.4, -0.2) is 18.3 Å². The van der Waals surface area contributed by atoms with Crippen LogP contribution in [0.2, 0.25) is 0 Å². The van der Waals surface area contributed by atoms with Gasteiger partial charge in [-0.15, -0.1) is 11.8 Å². The van der Waals surface area contributed by atoms with Gasteiger partial charge in [0.05, 0.1) is 12.4 Å². The Hall–Kier alpha value is -1.68. The van der Waals surface area contributed by atoms with Gasteiger partial charge in [0.2, 0.25) is 5.91 Å². The Labute approximate surface area is 123 Å². The number of carbonyl (C=O) groups is 1. The third kappa shape index (κ3) is 3.25. The number of nitrogens with two attached hydrogens (primary N) is 1. The van der Waals surface area contributed by atoms with Crippen LogP contribution >= 0.6 is 11.8 Å². The molecule has 0 aliphatic carbocycles. The zero-order valence-corrected chi connectivity index (χ0v) is 12.7. The Kier molecular flexibility index (Phi) is 4.55. The summed E-state index contributed by atoms with van der Waals surface area (Å²) in [4.78, 5) is 11.1. The Balaban J connectivity index is 2.25. The molecule has 4 heteroatoms. The van der Waals surface area contributed by atoms with E-state index in [1.165, 1.54) is 10.9 Å².